The van der Waals surface area contributed by atoms with E-state index in [0.717, 1.165) is 12.2 Å². The first-order chi connectivity index (χ1) is 11.0. The van der Waals surface area contributed by atoms with Crippen LogP contribution in [0.15, 0.2) is 59.8 Å². The minimum absolute atomic E-state index is 0.0333. The zero-order valence-corrected chi connectivity index (χ0v) is 11.8. The van der Waals surface area contributed by atoms with Crippen molar-refractivity contribution in [3.05, 3.63) is 71.2 Å². The molecule has 2 aliphatic rings. The normalized spacial score (nSPS) is 23.5. The number of nitriles is 1. The first-order valence-corrected chi connectivity index (χ1v) is 6.91. The molecule has 0 saturated heterocycles. The first kappa shape index (κ1) is 15.1. The highest BCUT2D eigenvalue weighted by molar-refractivity contribution is 6.03. The molecule has 2 unspecified atom stereocenters. The van der Waals surface area contributed by atoms with E-state index in [1.807, 2.05) is 0 Å². The van der Waals surface area contributed by atoms with Gasteiger partial charge in [0.05, 0.1) is 12.0 Å². The second-order valence-electron chi connectivity index (χ2n) is 5.33. The predicted octanol–water partition coefficient (Wildman–Crippen LogP) is 3.32. The SMILES string of the molecule is N#CC1=CN(Cc2ccccc2F)C2C=C(F)C(F)=CC2C1=O. The number of carbonyl (C=O) groups excluding carboxylic acids is 1. The molecule has 1 aliphatic heterocycles. The Morgan fingerprint density at radius 2 is 1.83 bits per heavy atom. The monoisotopic (exact) mass is 316 g/mol. The summed E-state index contributed by atoms with van der Waals surface area (Å²) in [6.45, 7) is 0.0333. The lowest BCUT2D eigenvalue weighted by atomic mass is 9.83. The Balaban J connectivity index is 2.01. The van der Waals surface area contributed by atoms with Gasteiger partial charge in [0.1, 0.15) is 17.5 Å². The zero-order chi connectivity index (χ0) is 16.6. The molecule has 0 bridgehead atoms. The summed E-state index contributed by atoms with van der Waals surface area (Å²) in [7, 11) is 0. The van der Waals surface area contributed by atoms with Crippen LogP contribution >= 0.6 is 0 Å². The van der Waals surface area contributed by atoms with Crippen LogP contribution in [0.1, 0.15) is 5.56 Å². The molecule has 0 spiro atoms. The third-order valence-electron chi connectivity index (χ3n) is 3.92. The van der Waals surface area contributed by atoms with E-state index in [0.29, 0.717) is 5.56 Å². The van der Waals surface area contributed by atoms with Crippen LogP contribution in [0.4, 0.5) is 13.2 Å². The third-order valence-corrected chi connectivity index (χ3v) is 3.92. The molecule has 1 heterocycles. The van der Waals surface area contributed by atoms with Crippen LogP contribution in [-0.2, 0) is 11.3 Å². The molecule has 23 heavy (non-hydrogen) atoms. The smallest absolute Gasteiger partial charge is 0.184 e. The van der Waals surface area contributed by atoms with Gasteiger partial charge >= 0.3 is 0 Å². The lowest BCUT2D eigenvalue weighted by molar-refractivity contribution is -0.119. The number of Topliss-reactive ketones (excluding diaryl/α,β-unsaturated/α-hetero) is 1. The van der Waals surface area contributed by atoms with Gasteiger partial charge in [0.25, 0.3) is 0 Å². The van der Waals surface area contributed by atoms with Crippen molar-refractivity contribution in [1.82, 2.24) is 4.90 Å². The van der Waals surface area contributed by atoms with E-state index < -0.39 is 35.2 Å². The van der Waals surface area contributed by atoms with Gasteiger partial charge in [0.15, 0.2) is 17.4 Å². The Bertz CT molecular complexity index is 804. The van der Waals surface area contributed by atoms with Gasteiger partial charge in [-0.25, -0.2) is 13.2 Å². The molecule has 0 saturated carbocycles. The predicted molar refractivity (Wildman–Crippen MR) is 76.3 cm³/mol. The highest BCUT2D eigenvalue weighted by Gasteiger charge is 2.39. The molecule has 1 aliphatic carbocycles. The summed E-state index contributed by atoms with van der Waals surface area (Å²) in [5.41, 5.74) is 0.167. The fourth-order valence-electron chi connectivity index (χ4n) is 2.76. The molecule has 0 amide bonds. The average Bonchev–Trinajstić information content (AvgIpc) is 2.54. The molecule has 116 valence electrons. The fourth-order valence-corrected chi connectivity index (χ4v) is 2.76. The summed E-state index contributed by atoms with van der Waals surface area (Å²) < 4.78 is 40.8. The molecule has 0 N–H and O–H groups in total. The van der Waals surface area contributed by atoms with Crippen molar-refractivity contribution in [3.63, 3.8) is 0 Å². The van der Waals surface area contributed by atoms with Gasteiger partial charge in [-0.15, -0.1) is 0 Å². The number of hydrogen-bond donors (Lipinski definition) is 0. The largest absolute Gasteiger partial charge is 0.364 e. The molecule has 2 atom stereocenters. The lowest BCUT2D eigenvalue weighted by Crippen LogP contribution is -2.44. The van der Waals surface area contributed by atoms with Gasteiger partial charge in [-0.3, -0.25) is 4.79 Å². The van der Waals surface area contributed by atoms with E-state index in [1.165, 1.54) is 23.2 Å². The number of fused-ring (bicyclic) bond motifs is 1. The summed E-state index contributed by atoms with van der Waals surface area (Å²) in [6.07, 6.45) is 3.14. The Morgan fingerprint density at radius 1 is 1.13 bits per heavy atom. The number of hydrogen-bond acceptors (Lipinski definition) is 3. The number of halogens is 3. The van der Waals surface area contributed by atoms with Crippen LogP contribution in [0.2, 0.25) is 0 Å². The number of carbonyl (C=O) groups is 1. The highest BCUT2D eigenvalue weighted by atomic mass is 19.2. The van der Waals surface area contributed by atoms with Crippen LogP contribution < -0.4 is 0 Å². The number of benzene rings is 1. The molecule has 1 aromatic rings. The summed E-state index contributed by atoms with van der Waals surface area (Å²) in [4.78, 5) is 13.6. The maximum Gasteiger partial charge on any atom is 0.184 e. The number of rotatable bonds is 2. The second-order valence-corrected chi connectivity index (χ2v) is 5.33. The van der Waals surface area contributed by atoms with Gasteiger partial charge in [-0.2, -0.15) is 5.26 Å². The van der Waals surface area contributed by atoms with Crippen molar-refractivity contribution in [2.24, 2.45) is 5.92 Å². The topological polar surface area (TPSA) is 44.1 Å². The molecule has 0 radical (unpaired) electrons. The zero-order valence-electron chi connectivity index (χ0n) is 11.8. The van der Waals surface area contributed by atoms with Crippen molar-refractivity contribution in [3.8, 4) is 6.07 Å². The van der Waals surface area contributed by atoms with E-state index in [1.54, 1.807) is 18.2 Å². The van der Waals surface area contributed by atoms with Gasteiger partial charge < -0.3 is 4.90 Å². The van der Waals surface area contributed by atoms with Crippen molar-refractivity contribution in [1.29, 1.82) is 5.26 Å². The van der Waals surface area contributed by atoms with Gasteiger partial charge in [-0.05, 0) is 18.2 Å². The summed E-state index contributed by atoms with van der Waals surface area (Å²) in [6, 6.07) is 6.99. The van der Waals surface area contributed by atoms with Crippen LogP contribution in [0.25, 0.3) is 0 Å². The number of ketones is 1. The van der Waals surface area contributed by atoms with Crippen LogP contribution in [0.3, 0.4) is 0 Å². The maximum absolute atomic E-state index is 13.8. The maximum atomic E-state index is 13.8. The van der Waals surface area contributed by atoms with Crippen molar-refractivity contribution in [2.45, 2.75) is 12.6 Å². The summed E-state index contributed by atoms with van der Waals surface area (Å²) in [5.74, 6) is -4.20. The van der Waals surface area contributed by atoms with E-state index in [-0.39, 0.29) is 12.1 Å². The highest BCUT2D eigenvalue weighted by Crippen LogP contribution is 2.34. The average molecular weight is 316 g/mol. The molecule has 0 fully saturated rings. The lowest BCUT2D eigenvalue weighted by Gasteiger charge is -2.37. The minimum Gasteiger partial charge on any atom is -0.364 e. The van der Waals surface area contributed by atoms with E-state index in [9.17, 15) is 18.0 Å². The number of allylic oxidation sites excluding steroid dienone is 3. The molecule has 0 aromatic heterocycles. The molecule has 3 rings (SSSR count). The Labute approximate surface area is 130 Å². The van der Waals surface area contributed by atoms with E-state index in [2.05, 4.69) is 0 Å². The van der Waals surface area contributed by atoms with Crippen molar-refractivity contribution < 1.29 is 18.0 Å². The van der Waals surface area contributed by atoms with Gasteiger partial charge in [0.2, 0.25) is 0 Å². The van der Waals surface area contributed by atoms with Crippen molar-refractivity contribution >= 4 is 5.78 Å². The Morgan fingerprint density at radius 3 is 2.52 bits per heavy atom. The summed E-state index contributed by atoms with van der Waals surface area (Å²) >= 11 is 0. The fraction of sp³-hybridized carbons (Fsp3) is 0.176. The molecular formula is C17H11F3N2O. The minimum atomic E-state index is -1.12. The Kier molecular flexibility index (Phi) is 3.78. The number of nitrogens with zero attached hydrogens (tertiary/aromatic N) is 2. The van der Waals surface area contributed by atoms with Crippen molar-refractivity contribution in [2.75, 3.05) is 0 Å². The Hall–Kier alpha value is -2.81. The van der Waals surface area contributed by atoms with Crippen LogP contribution in [-0.4, -0.2) is 16.7 Å². The molecule has 1 aromatic carbocycles. The molecular weight excluding hydrogens is 305 g/mol. The van der Waals surface area contributed by atoms with E-state index in [4.69, 9.17) is 5.26 Å². The quantitative estimate of drug-likeness (QED) is 0.841. The summed E-state index contributed by atoms with van der Waals surface area (Å²) in [5, 5.41) is 9.06. The third kappa shape index (κ3) is 2.66. The van der Waals surface area contributed by atoms with Gasteiger partial charge in [-0.1, -0.05) is 18.2 Å². The molecule has 6 heteroatoms. The van der Waals surface area contributed by atoms with Crippen LogP contribution in [0, 0.1) is 23.1 Å². The first-order valence-electron chi connectivity index (χ1n) is 6.91. The standard InChI is InChI=1S/C17H11F3N2O/c18-13-4-2-1-3-10(13)8-22-9-11(7-21)17(23)12-5-14(19)15(20)6-16(12)22/h1-6,9,12,16H,8H2. The van der Waals surface area contributed by atoms with Gasteiger partial charge in [0, 0.05) is 18.3 Å². The van der Waals surface area contributed by atoms with Crippen LogP contribution in [0.5, 0.6) is 0 Å². The van der Waals surface area contributed by atoms with E-state index >= 15 is 0 Å². The molecule has 3 nitrogen and oxygen atoms in total. The second kappa shape index (κ2) is 5.76.